The molecule has 0 aliphatic rings. The zero-order chi connectivity index (χ0) is 7.11. The summed E-state index contributed by atoms with van der Waals surface area (Å²) in [6.07, 6.45) is 4.44. The van der Waals surface area contributed by atoms with Crippen LogP contribution in [0.5, 0.6) is 0 Å². The summed E-state index contributed by atoms with van der Waals surface area (Å²) < 4.78 is 0. The molecular formula is C7H14N2. The minimum Gasteiger partial charge on any atom is -0.316 e. The fraction of sp³-hybridized carbons (Fsp3) is 0.571. The Morgan fingerprint density at radius 1 is 1.67 bits per heavy atom. The predicted molar refractivity (Wildman–Crippen MR) is 41.1 cm³/mol. The molecule has 0 bridgehead atoms. The number of allylic oxidation sites excluding steroid dienone is 1. The van der Waals surface area contributed by atoms with E-state index in [1.54, 1.807) is 0 Å². The monoisotopic (exact) mass is 126 g/mol. The highest BCUT2D eigenvalue weighted by Gasteiger charge is 1.85. The van der Waals surface area contributed by atoms with E-state index in [0.29, 0.717) is 0 Å². The van der Waals surface area contributed by atoms with Gasteiger partial charge in [-0.15, -0.1) is 0 Å². The van der Waals surface area contributed by atoms with Crippen molar-refractivity contribution in [2.24, 2.45) is 0 Å². The van der Waals surface area contributed by atoms with Crippen LogP contribution in [0.1, 0.15) is 13.3 Å². The zero-order valence-corrected chi connectivity index (χ0v) is 6.07. The van der Waals surface area contributed by atoms with Crippen LogP contribution in [0.3, 0.4) is 0 Å². The molecular weight excluding hydrogens is 112 g/mol. The molecule has 9 heavy (non-hydrogen) atoms. The van der Waals surface area contributed by atoms with E-state index >= 15 is 0 Å². The fourth-order valence-corrected chi connectivity index (χ4v) is 0.648. The van der Waals surface area contributed by atoms with Crippen LogP contribution in [0.4, 0.5) is 0 Å². The highest BCUT2D eigenvalue weighted by Crippen LogP contribution is 1.89. The van der Waals surface area contributed by atoms with E-state index in [-0.39, 0.29) is 0 Å². The molecule has 0 radical (unpaired) electrons. The van der Waals surface area contributed by atoms with Gasteiger partial charge in [0.25, 0.3) is 0 Å². The Balaban J connectivity index is 3.66. The van der Waals surface area contributed by atoms with Gasteiger partial charge in [-0.05, 0) is 19.0 Å². The molecule has 0 fully saturated rings. The van der Waals surface area contributed by atoms with E-state index in [1.807, 2.05) is 13.1 Å². The van der Waals surface area contributed by atoms with Crippen molar-refractivity contribution in [3.63, 3.8) is 0 Å². The Morgan fingerprint density at radius 3 is 2.67 bits per heavy atom. The zero-order valence-electron chi connectivity index (χ0n) is 6.07. The van der Waals surface area contributed by atoms with Crippen molar-refractivity contribution in [2.45, 2.75) is 13.3 Å². The molecule has 0 unspecified atom stereocenters. The van der Waals surface area contributed by atoms with Crippen LogP contribution in [0.2, 0.25) is 0 Å². The van der Waals surface area contributed by atoms with Crippen molar-refractivity contribution in [1.82, 2.24) is 5.32 Å². The van der Waals surface area contributed by atoms with Gasteiger partial charge in [-0.2, -0.15) is 0 Å². The summed E-state index contributed by atoms with van der Waals surface area (Å²) in [4.78, 5) is 0. The van der Waals surface area contributed by atoms with Crippen LogP contribution in [-0.2, 0) is 0 Å². The van der Waals surface area contributed by atoms with Gasteiger partial charge in [0.2, 0.25) is 0 Å². The molecule has 0 atom stereocenters. The average Bonchev–Trinajstić information content (AvgIpc) is 1.88. The van der Waals surface area contributed by atoms with Gasteiger partial charge in [-0.25, -0.2) is 0 Å². The molecule has 0 aromatic carbocycles. The van der Waals surface area contributed by atoms with Crippen LogP contribution in [0.15, 0.2) is 11.6 Å². The Bertz CT molecular complexity index is 105. The molecule has 2 nitrogen and oxygen atoms in total. The van der Waals surface area contributed by atoms with Crippen molar-refractivity contribution >= 4 is 6.21 Å². The fourth-order valence-electron chi connectivity index (χ4n) is 0.648. The molecule has 2 heteroatoms. The maximum Gasteiger partial charge on any atom is 0.0219 e. The van der Waals surface area contributed by atoms with E-state index in [0.717, 1.165) is 18.5 Å². The van der Waals surface area contributed by atoms with Crippen molar-refractivity contribution in [1.29, 1.82) is 5.41 Å². The van der Waals surface area contributed by atoms with Crippen LogP contribution in [-0.4, -0.2) is 19.8 Å². The summed E-state index contributed by atoms with van der Waals surface area (Å²) in [6, 6.07) is 0. The van der Waals surface area contributed by atoms with Crippen LogP contribution < -0.4 is 5.32 Å². The van der Waals surface area contributed by atoms with Crippen LogP contribution >= 0.6 is 0 Å². The molecule has 0 saturated heterocycles. The molecule has 0 rings (SSSR count). The summed E-state index contributed by atoms with van der Waals surface area (Å²) >= 11 is 0. The minimum atomic E-state index is 0.803. The maximum atomic E-state index is 6.93. The van der Waals surface area contributed by atoms with Crippen LogP contribution in [0.25, 0.3) is 0 Å². The Labute approximate surface area is 56.5 Å². The first-order valence-electron chi connectivity index (χ1n) is 3.19. The molecule has 0 aliphatic carbocycles. The van der Waals surface area contributed by atoms with Crippen LogP contribution in [0, 0.1) is 5.41 Å². The molecule has 52 valence electrons. The number of hydrogen-bond donors (Lipinski definition) is 2. The lowest BCUT2D eigenvalue weighted by molar-refractivity contribution is 0.899. The number of rotatable bonds is 4. The van der Waals surface area contributed by atoms with Gasteiger partial charge in [-0.3, -0.25) is 0 Å². The van der Waals surface area contributed by atoms with Crippen molar-refractivity contribution < 1.29 is 0 Å². The Kier molecular flexibility index (Phi) is 5.12. The SMILES string of the molecule is CC/C=C(\C=N)CNC. The standard InChI is InChI=1S/C7H14N2/c1-3-4-7(5-8)6-9-2/h4-5,8-9H,3,6H2,1-2H3/b7-4+,8-5?. The predicted octanol–water partition coefficient (Wildman–Crippen LogP) is 1.19. The first-order valence-corrected chi connectivity index (χ1v) is 3.19. The van der Waals surface area contributed by atoms with Gasteiger partial charge in [0.1, 0.15) is 0 Å². The second kappa shape index (κ2) is 5.51. The normalized spacial score (nSPS) is 11.6. The third-order valence-corrected chi connectivity index (χ3v) is 1.03. The summed E-state index contributed by atoms with van der Waals surface area (Å²) in [5.41, 5.74) is 1.06. The second-order valence-electron chi connectivity index (χ2n) is 1.86. The van der Waals surface area contributed by atoms with Gasteiger partial charge in [0.05, 0.1) is 0 Å². The molecule has 0 aliphatic heterocycles. The van der Waals surface area contributed by atoms with Gasteiger partial charge in [0.15, 0.2) is 0 Å². The number of nitrogens with one attached hydrogen (secondary N) is 2. The van der Waals surface area contributed by atoms with E-state index in [1.165, 1.54) is 6.21 Å². The quantitative estimate of drug-likeness (QED) is 0.545. The Morgan fingerprint density at radius 2 is 2.33 bits per heavy atom. The summed E-state index contributed by atoms with van der Waals surface area (Å²) in [7, 11) is 1.88. The van der Waals surface area contributed by atoms with E-state index in [9.17, 15) is 0 Å². The van der Waals surface area contributed by atoms with E-state index in [2.05, 4.69) is 12.2 Å². The van der Waals surface area contributed by atoms with Gasteiger partial charge in [-0.1, -0.05) is 13.0 Å². The largest absolute Gasteiger partial charge is 0.316 e. The molecule has 0 amide bonds. The van der Waals surface area contributed by atoms with Crippen molar-refractivity contribution in [3.8, 4) is 0 Å². The van der Waals surface area contributed by atoms with Gasteiger partial charge < -0.3 is 10.7 Å². The van der Waals surface area contributed by atoms with Gasteiger partial charge in [0, 0.05) is 12.8 Å². The maximum absolute atomic E-state index is 6.93. The minimum absolute atomic E-state index is 0.803. The first-order chi connectivity index (χ1) is 4.35. The highest BCUT2D eigenvalue weighted by molar-refractivity contribution is 5.76. The lowest BCUT2D eigenvalue weighted by Crippen LogP contribution is -2.10. The van der Waals surface area contributed by atoms with E-state index < -0.39 is 0 Å². The number of hydrogen-bond acceptors (Lipinski definition) is 2. The number of likely N-dealkylation sites (N-methyl/N-ethyl adjacent to an activating group) is 1. The molecule has 2 N–H and O–H groups in total. The summed E-state index contributed by atoms with van der Waals surface area (Å²) in [6.45, 7) is 2.87. The first kappa shape index (κ1) is 8.37. The van der Waals surface area contributed by atoms with Gasteiger partial charge >= 0.3 is 0 Å². The topological polar surface area (TPSA) is 35.9 Å². The molecule has 0 heterocycles. The lowest BCUT2D eigenvalue weighted by atomic mass is 10.2. The summed E-state index contributed by atoms with van der Waals surface area (Å²) in [5, 5.41) is 9.92. The molecule has 0 aromatic rings. The Hall–Kier alpha value is -0.630. The summed E-state index contributed by atoms with van der Waals surface area (Å²) in [5.74, 6) is 0. The van der Waals surface area contributed by atoms with E-state index in [4.69, 9.17) is 5.41 Å². The second-order valence-corrected chi connectivity index (χ2v) is 1.86. The third-order valence-electron chi connectivity index (χ3n) is 1.03. The highest BCUT2D eigenvalue weighted by atomic mass is 14.8. The lowest BCUT2D eigenvalue weighted by Gasteiger charge is -1.96. The molecule has 0 saturated carbocycles. The smallest absolute Gasteiger partial charge is 0.0219 e. The molecule has 0 aromatic heterocycles. The average molecular weight is 126 g/mol. The van der Waals surface area contributed by atoms with Crippen molar-refractivity contribution in [3.05, 3.63) is 11.6 Å². The molecule has 0 spiro atoms. The van der Waals surface area contributed by atoms with Crippen molar-refractivity contribution in [2.75, 3.05) is 13.6 Å². The third kappa shape index (κ3) is 3.91.